The van der Waals surface area contributed by atoms with E-state index in [9.17, 15) is 0 Å². The lowest BCUT2D eigenvalue weighted by Gasteiger charge is -2.25. The molecule has 0 fully saturated rings. The minimum Gasteiger partial charge on any atom is -0.372 e. The highest BCUT2D eigenvalue weighted by atomic mass is 15.5. The van der Waals surface area contributed by atoms with E-state index in [1.54, 1.807) is 0 Å². The first-order valence-electron chi connectivity index (χ1n) is 12.9. The smallest absolute Gasteiger partial charge is 0.0654 e. The molecular weight excluding hydrogens is 428 g/mol. The summed E-state index contributed by atoms with van der Waals surface area (Å²) in [6.07, 6.45) is 6.75. The first-order chi connectivity index (χ1) is 17.2. The fraction of sp³-hybridized carbons (Fsp3) is 0.290. The van der Waals surface area contributed by atoms with Crippen LogP contribution in [-0.4, -0.2) is 32.2 Å². The molecule has 1 aliphatic rings. The monoisotopic (exact) mass is 466 g/mol. The predicted octanol–water partition coefficient (Wildman–Crippen LogP) is 6.83. The summed E-state index contributed by atoms with van der Waals surface area (Å²) in [6.45, 7) is 12.9. The van der Waals surface area contributed by atoms with E-state index in [4.69, 9.17) is 0 Å². The van der Waals surface area contributed by atoms with Crippen molar-refractivity contribution in [2.45, 2.75) is 33.7 Å². The lowest BCUT2D eigenvalue weighted by atomic mass is 10.1. The molecule has 182 valence electrons. The third-order valence-corrected chi connectivity index (χ3v) is 6.68. The third kappa shape index (κ3) is 5.77. The second kappa shape index (κ2) is 11.8. The van der Waals surface area contributed by atoms with Crippen LogP contribution in [0.5, 0.6) is 0 Å². The third-order valence-electron chi connectivity index (χ3n) is 6.68. The lowest BCUT2D eigenvalue weighted by molar-refractivity contribution is 0.735. The van der Waals surface area contributed by atoms with Crippen LogP contribution in [0.4, 0.5) is 17.1 Å². The molecular formula is C31H38N4. The van der Waals surface area contributed by atoms with Gasteiger partial charge in [-0.3, -0.25) is 5.01 Å². The molecule has 1 aliphatic heterocycles. The molecule has 0 spiro atoms. The average molecular weight is 467 g/mol. The van der Waals surface area contributed by atoms with Crippen LogP contribution in [0.15, 0.2) is 91.0 Å². The van der Waals surface area contributed by atoms with Crippen molar-refractivity contribution in [3.05, 3.63) is 102 Å². The zero-order chi connectivity index (χ0) is 24.6. The number of benzene rings is 3. The van der Waals surface area contributed by atoms with Crippen LogP contribution in [0.1, 0.15) is 38.8 Å². The van der Waals surface area contributed by atoms with Crippen LogP contribution in [0.2, 0.25) is 0 Å². The quantitative estimate of drug-likeness (QED) is 0.354. The molecule has 0 aromatic heterocycles. The Kier molecular flexibility index (Phi) is 8.27. The molecule has 0 radical (unpaired) electrons. The van der Waals surface area contributed by atoms with Crippen LogP contribution in [0.3, 0.4) is 0 Å². The molecule has 0 bridgehead atoms. The molecule has 1 N–H and O–H groups in total. The van der Waals surface area contributed by atoms with Crippen LogP contribution in [0, 0.1) is 0 Å². The highest BCUT2D eigenvalue weighted by Crippen LogP contribution is 2.31. The van der Waals surface area contributed by atoms with Gasteiger partial charge in [0.1, 0.15) is 0 Å². The van der Waals surface area contributed by atoms with Gasteiger partial charge in [-0.05, 0) is 81.3 Å². The summed E-state index contributed by atoms with van der Waals surface area (Å²) >= 11 is 0. The summed E-state index contributed by atoms with van der Waals surface area (Å²) < 4.78 is 0. The van der Waals surface area contributed by atoms with E-state index in [0.29, 0.717) is 0 Å². The van der Waals surface area contributed by atoms with Gasteiger partial charge in [0.25, 0.3) is 0 Å². The van der Waals surface area contributed by atoms with E-state index in [1.165, 1.54) is 28.2 Å². The molecule has 4 rings (SSSR count). The molecule has 1 heterocycles. The van der Waals surface area contributed by atoms with Gasteiger partial charge >= 0.3 is 0 Å². The number of anilines is 3. The Morgan fingerprint density at radius 2 is 1.26 bits per heavy atom. The fourth-order valence-corrected chi connectivity index (χ4v) is 4.65. The predicted molar refractivity (Wildman–Crippen MR) is 153 cm³/mol. The molecule has 1 unspecified atom stereocenters. The van der Waals surface area contributed by atoms with Crippen molar-refractivity contribution in [2.75, 3.05) is 41.0 Å². The maximum Gasteiger partial charge on any atom is 0.0654 e. The number of nitrogens with zero attached hydrogens (tertiary/aromatic N) is 3. The maximum absolute atomic E-state index is 3.67. The highest BCUT2D eigenvalue weighted by molar-refractivity contribution is 5.82. The van der Waals surface area contributed by atoms with Gasteiger partial charge in [0.05, 0.1) is 17.4 Å². The van der Waals surface area contributed by atoms with E-state index >= 15 is 0 Å². The Balaban J connectivity index is 1.57. The minimum absolute atomic E-state index is 0.107. The number of hydrogen-bond acceptors (Lipinski definition) is 4. The number of hydrogen-bond donors (Lipinski definition) is 1. The van der Waals surface area contributed by atoms with Gasteiger partial charge in [-0.25, -0.2) is 5.43 Å². The first kappa shape index (κ1) is 24.6. The van der Waals surface area contributed by atoms with Gasteiger partial charge in [0.2, 0.25) is 0 Å². The minimum atomic E-state index is 0.107. The SMILES string of the molecule is CCN(CC)c1ccc(C=CC2C=C(c3ccc(N(CC)CC)cc3)N(c3ccccc3)N2)cc1. The lowest BCUT2D eigenvalue weighted by Crippen LogP contribution is -2.35. The molecule has 3 aromatic carbocycles. The average Bonchev–Trinajstić information content (AvgIpc) is 3.35. The van der Waals surface area contributed by atoms with E-state index in [0.717, 1.165) is 31.9 Å². The first-order valence-corrected chi connectivity index (χ1v) is 12.9. The Morgan fingerprint density at radius 1 is 0.714 bits per heavy atom. The van der Waals surface area contributed by atoms with E-state index in [1.807, 2.05) is 0 Å². The molecule has 35 heavy (non-hydrogen) atoms. The van der Waals surface area contributed by atoms with Crippen LogP contribution >= 0.6 is 0 Å². The summed E-state index contributed by atoms with van der Waals surface area (Å²) in [4.78, 5) is 4.74. The molecule has 0 aliphatic carbocycles. The molecule has 3 aromatic rings. The summed E-state index contributed by atoms with van der Waals surface area (Å²) in [5.74, 6) is 0. The maximum atomic E-state index is 3.67. The topological polar surface area (TPSA) is 21.8 Å². The Hall–Kier alpha value is -3.50. The van der Waals surface area contributed by atoms with Crippen molar-refractivity contribution < 1.29 is 0 Å². The Morgan fingerprint density at radius 3 is 1.80 bits per heavy atom. The van der Waals surface area contributed by atoms with Crippen LogP contribution < -0.4 is 20.2 Å². The summed E-state index contributed by atoms with van der Waals surface area (Å²) in [5.41, 5.74) is 10.9. The number of nitrogens with one attached hydrogen (secondary N) is 1. The zero-order valence-electron chi connectivity index (χ0n) is 21.5. The molecule has 4 nitrogen and oxygen atoms in total. The van der Waals surface area contributed by atoms with Gasteiger partial charge in [-0.2, -0.15) is 0 Å². The Labute approximate surface area is 211 Å². The summed E-state index contributed by atoms with van der Waals surface area (Å²) in [6, 6.07) is 28.4. The normalized spacial score (nSPS) is 15.5. The van der Waals surface area contributed by atoms with Crippen molar-refractivity contribution in [2.24, 2.45) is 0 Å². The number of para-hydroxylation sites is 1. The largest absolute Gasteiger partial charge is 0.372 e. The van der Waals surface area contributed by atoms with E-state index in [2.05, 4.69) is 145 Å². The summed E-state index contributed by atoms with van der Waals surface area (Å²) in [5, 5.41) is 2.20. The molecule has 1 atom stereocenters. The van der Waals surface area contributed by atoms with Gasteiger partial charge in [0, 0.05) is 37.6 Å². The number of rotatable bonds is 10. The second-order valence-electron chi connectivity index (χ2n) is 8.72. The molecule has 4 heteroatoms. The van der Waals surface area contributed by atoms with Gasteiger partial charge in [-0.15, -0.1) is 0 Å². The molecule has 0 saturated heterocycles. The van der Waals surface area contributed by atoms with Crippen LogP contribution in [0.25, 0.3) is 11.8 Å². The van der Waals surface area contributed by atoms with Gasteiger partial charge in [-0.1, -0.05) is 54.6 Å². The number of hydrazine groups is 1. The summed E-state index contributed by atoms with van der Waals surface area (Å²) in [7, 11) is 0. The van der Waals surface area contributed by atoms with Crippen molar-refractivity contribution >= 4 is 28.8 Å². The standard InChI is InChI=1S/C31H38N4/c1-5-33(6-2)28-20-15-25(16-21-28)14-19-27-24-31(35(32-27)30-12-10-9-11-13-30)26-17-22-29(23-18-26)34(7-3)8-4/h9-24,27,32H,5-8H2,1-4H3. The van der Waals surface area contributed by atoms with Crippen molar-refractivity contribution in [3.63, 3.8) is 0 Å². The van der Waals surface area contributed by atoms with E-state index in [-0.39, 0.29) is 6.04 Å². The van der Waals surface area contributed by atoms with Crippen molar-refractivity contribution in [3.8, 4) is 0 Å². The fourth-order valence-electron chi connectivity index (χ4n) is 4.65. The second-order valence-corrected chi connectivity index (χ2v) is 8.72. The van der Waals surface area contributed by atoms with Crippen LogP contribution in [-0.2, 0) is 0 Å². The Bertz CT molecular complexity index is 1110. The molecule has 0 amide bonds. The van der Waals surface area contributed by atoms with E-state index < -0.39 is 0 Å². The van der Waals surface area contributed by atoms with Gasteiger partial charge in [0.15, 0.2) is 0 Å². The van der Waals surface area contributed by atoms with Gasteiger partial charge < -0.3 is 9.80 Å². The van der Waals surface area contributed by atoms with Crippen molar-refractivity contribution in [1.29, 1.82) is 0 Å². The highest BCUT2D eigenvalue weighted by Gasteiger charge is 2.23. The van der Waals surface area contributed by atoms with Crippen molar-refractivity contribution in [1.82, 2.24) is 5.43 Å². The zero-order valence-corrected chi connectivity index (χ0v) is 21.5. The molecule has 0 saturated carbocycles.